The van der Waals surface area contributed by atoms with E-state index in [1.54, 1.807) is 0 Å². The Labute approximate surface area is 60.7 Å². The summed E-state index contributed by atoms with van der Waals surface area (Å²) in [5.74, 6) is 0.638. The highest BCUT2D eigenvalue weighted by atomic mass is 16.5. The molecule has 3 heteroatoms. The van der Waals surface area contributed by atoms with Crippen LogP contribution >= 0.6 is 0 Å². The van der Waals surface area contributed by atoms with Gasteiger partial charge in [0.1, 0.15) is 0 Å². The molecule has 1 amide bonds. The third kappa shape index (κ3) is 2.35. The van der Waals surface area contributed by atoms with Crippen LogP contribution in [0.15, 0.2) is 0 Å². The van der Waals surface area contributed by atoms with Gasteiger partial charge in [-0.1, -0.05) is 0 Å². The predicted octanol–water partition coefficient (Wildman–Crippen LogP) is 0.159. The van der Waals surface area contributed by atoms with Gasteiger partial charge in [-0.15, -0.1) is 0 Å². The molecule has 0 atom stereocenters. The number of ether oxygens (including phenoxy) is 1. The molecule has 1 heterocycles. The maximum Gasteiger partial charge on any atom is 0.207 e. The zero-order valence-corrected chi connectivity index (χ0v) is 6.01. The molecule has 1 aliphatic heterocycles. The first-order valence-electron chi connectivity index (χ1n) is 3.68. The van der Waals surface area contributed by atoms with Gasteiger partial charge >= 0.3 is 0 Å². The molecule has 1 saturated heterocycles. The van der Waals surface area contributed by atoms with Crippen LogP contribution in [0, 0.1) is 5.92 Å². The highest BCUT2D eigenvalue weighted by molar-refractivity contribution is 5.45. The second-order valence-corrected chi connectivity index (χ2v) is 2.58. The van der Waals surface area contributed by atoms with E-state index in [2.05, 4.69) is 5.32 Å². The van der Waals surface area contributed by atoms with Crippen molar-refractivity contribution in [3.63, 3.8) is 0 Å². The fourth-order valence-corrected chi connectivity index (χ4v) is 1.17. The first-order chi connectivity index (χ1) is 4.93. The molecule has 1 fully saturated rings. The number of amides is 1. The Bertz CT molecular complexity index is 99.8. The lowest BCUT2D eigenvalue weighted by Crippen LogP contribution is -2.26. The minimum absolute atomic E-state index is 0.638. The van der Waals surface area contributed by atoms with Gasteiger partial charge in [0.25, 0.3) is 0 Å². The summed E-state index contributed by atoms with van der Waals surface area (Å²) < 4.78 is 5.16. The number of carbonyl (C=O) groups is 1. The van der Waals surface area contributed by atoms with Crippen molar-refractivity contribution in [3.8, 4) is 0 Å². The maximum absolute atomic E-state index is 9.91. The topological polar surface area (TPSA) is 38.3 Å². The number of nitrogens with one attached hydrogen (secondary N) is 1. The molecule has 0 aromatic rings. The van der Waals surface area contributed by atoms with Crippen molar-refractivity contribution >= 4 is 6.41 Å². The quantitative estimate of drug-likeness (QED) is 0.571. The van der Waals surface area contributed by atoms with E-state index in [9.17, 15) is 4.79 Å². The molecule has 0 aromatic heterocycles. The molecule has 1 N–H and O–H groups in total. The first kappa shape index (κ1) is 7.54. The Morgan fingerprint density at radius 2 is 2.20 bits per heavy atom. The van der Waals surface area contributed by atoms with Crippen molar-refractivity contribution in [2.45, 2.75) is 12.8 Å². The van der Waals surface area contributed by atoms with E-state index in [0.717, 1.165) is 39.0 Å². The standard InChI is InChI=1S/C7H13NO2/c9-6-8-5-7-1-3-10-4-2-7/h6-7H,1-5H2,(H,8,9). The number of carbonyl (C=O) groups excluding carboxylic acids is 1. The molecule has 0 unspecified atom stereocenters. The Morgan fingerprint density at radius 3 is 2.80 bits per heavy atom. The Hall–Kier alpha value is -0.570. The van der Waals surface area contributed by atoms with Crippen molar-refractivity contribution in [1.82, 2.24) is 5.32 Å². The average Bonchev–Trinajstić information content (AvgIpc) is 2.03. The summed E-state index contributed by atoms with van der Waals surface area (Å²) in [6.07, 6.45) is 2.93. The molecule has 10 heavy (non-hydrogen) atoms. The van der Waals surface area contributed by atoms with Crippen LogP contribution in [0.1, 0.15) is 12.8 Å². The maximum atomic E-state index is 9.91. The van der Waals surface area contributed by atoms with Gasteiger partial charge in [-0.05, 0) is 18.8 Å². The van der Waals surface area contributed by atoms with Gasteiger partial charge in [-0.25, -0.2) is 0 Å². The molecule has 0 saturated carbocycles. The van der Waals surface area contributed by atoms with Crippen LogP contribution in [0.5, 0.6) is 0 Å². The van der Waals surface area contributed by atoms with Crippen LogP contribution in [0.4, 0.5) is 0 Å². The van der Waals surface area contributed by atoms with E-state index in [4.69, 9.17) is 4.74 Å². The van der Waals surface area contributed by atoms with Crippen LogP contribution in [-0.2, 0) is 9.53 Å². The molecule has 1 aliphatic rings. The molecule has 0 aliphatic carbocycles. The first-order valence-corrected chi connectivity index (χ1v) is 3.68. The van der Waals surface area contributed by atoms with E-state index < -0.39 is 0 Å². The molecule has 1 rings (SSSR count). The molecule has 0 spiro atoms. The van der Waals surface area contributed by atoms with Crippen molar-refractivity contribution in [2.24, 2.45) is 5.92 Å². The van der Waals surface area contributed by atoms with Crippen LogP contribution in [0.25, 0.3) is 0 Å². The zero-order valence-electron chi connectivity index (χ0n) is 6.01. The second-order valence-electron chi connectivity index (χ2n) is 2.58. The SMILES string of the molecule is O=CNCC1CCOCC1. The molecule has 0 aromatic carbocycles. The molecule has 3 nitrogen and oxygen atoms in total. The van der Waals surface area contributed by atoms with Gasteiger partial charge in [0.15, 0.2) is 0 Å². The van der Waals surface area contributed by atoms with E-state index in [-0.39, 0.29) is 0 Å². The smallest absolute Gasteiger partial charge is 0.207 e. The van der Waals surface area contributed by atoms with E-state index in [1.165, 1.54) is 0 Å². The lowest BCUT2D eigenvalue weighted by atomic mass is 10.0. The van der Waals surface area contributed by atoms with Gasteiger partial charge in [-0.2, -0.15) is 0 Å². The van der Waals surface area contributed by atoms with Crippen LogP contribution in [-0.4, -0.2) is 26.2 Å². The third-order valence-corrected chi connectivity index (χ3v) is 1.83. The summed E-state index contributed by atoms with van der Waals surface area (Å²) >= 11 is 0. The predicted molar refractivity (Wildman–Crippen MR) is 37.6 cm³/mol. The Balaban J connectivity index is 2.07. The van der Waals surface area contributed by atoms with Crippen molar-refractivity contribution in [3.05, 3.63) is 0 Å². The number of hydrogen-bond acceptors (Lipinski definition) is 2. The lowest BCUT2D eigenvalue weighted by molar-refractivity contribution is -0.109. The summed E-state index contributed by atoms with van der Waals surface area (Å²) in [6, 6.07) is 0. The fourth-order valence-electron chi connectivity index (χ4n) is 1.17. The summed E-state index contributed by atoms with van der Waals surface area (Å²) in [5.41, 5.74) is 0. The monoisotopic (exact) mass is 143 g/mol. The van der Waals surface area contributed by atoms with Crippen molar-refractivity contribution in [1.29, 1.82) is 0 Å². The Morgan fingerprint density at radius 1 is 1.50 bits per heavy atom. The fraction of sp³-hybridized carbons (Fsp3) is 0.857. The summed E-state index contributed by atoms with van der Waals surface area (Å²) in [6.45, 7) is 2.52. The zero-order chi connectivity index (χ0) is 7.23. The van der Waals surface area contributed by atoms with E-state index in [1.807, 2.05) is 0 Å². The minimum atomic E-state index is 0.638. The summed E-state index contributed by atoms with van der Waals surface area (Å²) in [4.78, 5) is 9.91. The van der Waals surface area contributed by atoms with Crippen LogP contribution in [0.3, 0.4) is 0 Å². The molecule has 0 radical (unpaired) electrons. The van der Waals surface area contributed by atoms with E-state index in [0.29, 0.717) is 5.92 Å². The van der Waals surface area contributed by atoms with Gasteiger partial charge in [0.2, 0.25) is 6.41 Å². The van der Waals surface area contributed by atoms with Gasteiger partial charge < -0.3 is 10.1 Å². The van der Waals surface area contributed by atoms with Crippen molar-refractivity contribution < 1.29 is 9.53 Å². The van der Waals surface area contributed by atoms with Gasteiger partial charge in [0, 0.05) is 19.8 Å². The molecule has 58 valence electrons. The molecular formula is C7H13NO2. The lowest BCUT2D eigenvalue weighted by Gasteiger charge is -2.20. The molecule has 0 bridgehead atoms. The second kappa shape index (κ2) is 4.28. The largest absolute Gasteiger partial charge is 0.381 e. The van der Waals surface area contributed by atoms with Crippen LogP contribution < -0.4 is 5.32 Å². The highest BCUT2D eigenvalue weighted by Gasteiger charge is 2.12. The summed E-state index contributed by atoms with van der Waals surface area (Å²) in [5, 5.41) is 2.68. The third-order valence-electron chi connectivity index (χ3n) is 1.83. The van der Waals surface area contributed by atoms with Crippen LogP contribution in [0.2, 0.25) is 0 Å². The average molecular weight is 143 g/mol. The van der Waals surface area contributed by atoms with E-state index >= 15 is 0 Å². The minimum Gasteiger partial charge on any atom is -0.381 e. The van der Waals surface area contributed by atoms with Crippen molar-refractivity contribution in [2.75, 3.05) is 19.8 Å². The molecular weight excluding hydrogens is 130 g/mol. The van der Waals surface area contributed by atoms with Gasteiger partial charge in [-0.3, -0.25) is 4.79 Å². The van der Waals surface area contributed by atoms with Gasteiger partial charge in [0.05, 0.1) is 0 Å². The number of hydrogen-bond donors (Lipinski definition) is 1. The normalized spacial score (nSPS) is 20.4. The Kier molecular flexibility index (Phi) is 3.22. The highest BCUT2D eigenvalue weighted by Crippen LogP contribution is 2.12. The number of rotatable bonds is 3. The summed E-state index contributed by atoms with van der Waals surface area (Å²) in [7, 11) is 0.